The van der Waals surface area contributed by atoms with Crippen molar-refractivity contribution in [1.29, 1.82) is 5.41 Å². The molecule has 0 aliphatic carbocycles. The number of ether oxygens (including phenoxy) is 1. The van der Waals surface area contributed by atoms with Crippen molar-refractivity contribution in [3.05, 3.63) is 0 Å². The molecule has 0 aromatic carbocycles. The van der Waals surface area contributed by atoms with Crippen molar-refractivity contribution >= 4 is 5.84 Å². The van der Waals surface area contributed by atoms with Gasteiger partial charge in [0.1, 0.15) is 0 Å². The van der Waals surface area contributed by atoms with Crippen LogP contribution in [0.1, 0.15) is 40.0 Å². The second-order valence-electron chi connectivity index (χ2n) is 5.71. The molecular formula is C13H27N3O. The van der Waals surface area contributed by atoms with E-state index in [-0.39, 0.29) is 5.41 Å². The van der Waals surface area contributed by atoms with Gasteiger partial charge in [-0.25, -0.2) is 0 Å². The lowest BCUT2D eigenvalue weighted by atomic mass is 9.86. The lowest BCUT2D eigenvalue weighted by molar-refractivity contribution is -0.00106. The maximum absolute atomic E-state index is 7.51. The molecule has 0 spiro atoms. The van der Waals surface area contributed by atoms with E-state index in [1.54, 1.807) is 0 Å². The minimum Gasteiger partial charge on any atom is -0.387 e. The van der Waals surface area contributed by atoms with Crippen LogP contribution in [0.25, 0.3) is 0 Å². The van der Waals surface area contributed by atoms with Gasteiger partial charge in [0.15, 0.2) is 0 Å². The van der Waals surface area contributed by atoms with E-state index in [0.29, 0.717) is 11.9 Å². The fourth-order valence-electron chi connectivity index (χ4n) is 2.11. The number of nitrogens with one attached hydrogen (secondary N) is 1. The quantitative estimate of drug-likeness (QED) is 0.424. The van der Waals surface area contributed by atoms with E-state index in [9.17, 15) is 0 Å². The van der Waals surface area contributed by atoms with Crippen LogP contribution in [0.3, 0.4) is 0 Å². The van der Waals surface area contributed by atoms with Crippen LogP contribution in [-0.4, -0.2) is 43.1 Å². The highest BCUT2D eigenvalue weighted by molar-refractivity contribution is 5.82. The molecule has 17 heavy (non-hydrogen) atoms. The van der Waals surface area contributed by atoms with Crippen LogP contribution in [0, 0.1) is 10.8 Å². The summed E-state index contributed by atoms with van der Waals surface area (Å²) in [5.74, 6) is 0.303. The number of nitrogens with two attached hydrogens (primary N) is 1. The molecule has 3 N–H and O–H groups in total. The van der Waals surface area contributed by atoms with Crippen LogP contribution in [0.4, 0.5) is 0 Å². The molecule has 1 heterocycles. The Bertz CT molecular complexity index is 253. The number of nitrogens with zero attached hydrogens (tertiary/aromatic N) is 1. The topological polar surface area (TPSA) is 62.3 Å². The zero-order valence-electron chi connectivity index (χ0n) is 11.5. The number of rotatable bonds is 6. The molecule has 0 radical (unpaired) electrons. The minimum absolute atomic E-state index is 0.142. The molecule has 1 saturated heterocycles. The molecule has 100 valence electrons. The van der Waals surface area contributed by atoms with Crippen LogP contribution in [-0.2, 0) is 4.74 Å². The Hall–Kier alpha value is -0.610. The van der Waals surface area contributed by atoms with Gasteiger partial charge < -0.3 is 10.5 Å². The Morgan fingerprint density at radius 3 is 2.76 bits per heavy atom. The fraction of sp³-hybridized carbons (Fsp3) is 0.923. The molecule has 0 aromatic rings. The van der Waals surface area contributed by atoms with Gasteiger partial charge in [0.05, 0.1) is 19.0 Å². The third-order valence-electron chi connectivity index (χ3n) is 3.73. The van der Waals surface area contributed by atoms with Gasteiger partial charge >= 0.3 is 0 Å². The van der Waals surface area contributed by atoms with Gasteiger partial charge in [-0.2, -0.15) is 0 Å². The largest absolute Gasteiger partial charge is 0.387 e. The molecule has 1 rings (SSSR count). The predicted octanol–water partition coefficient (Wildman–Crippen LogP) is 1.84. The average Bonchev–Trinajstić information content (AvgIpc) is 2.26. The van der Waals surface area contributed by atoms with Gasteiger partial charge in [0, 0.05) is 18.0 Å². The smallest absolute Gasteiger partial charge is 0.0963 e. The molecule has 4 nitrogen and oxygen atoms in total. The van der Waals surface area contributed by atoms with Crippen LogP contribution in [0.15, 0.2) is 0 Å². The van der Waals surface area contributed by atoms with Gasteiger partial charge in [-0.1, -0.05) is 20.3 Å². The van der Waals surface area contributed by atoms with Crippen LogP contribution in [0.2, 0.25) is 0 Å². The first kappa shape index (κ1) is 14.5. The molecular weight excluding hydrogens is 214 g/mol. The number of morpholine rings is 1. The van der Waals surface area contributed by atoms with Crippen molar-refractivity contribution in [1.82, 2.24) is 4.90 Å². The summed E-state index contributed by atoms with van der Waals surface area (Å²) in [5.41, 5.74) is 5.43. The van der Waals surface area contributed by atoms with E-state index in [2.05, 4.69) is 11.8 Å². The van der Waals surface area contributed by atoms with Gasteiger partial charge in [-0.15, -0.1) is 0 Å². The van der Waals surface area contributed by atoms with Crippen molar-refractivity contribution in [3.63, 3.8) is 0 Å². The normalized spacial score (nSPS) is 22.6. The summed E-state index contributed by atoms with van der Waals surface area (Å²) in [6.07, 6.45) is 3.32. The average molecular weight is 241 g/mol. The lowest BCUT2D eigenvalue weighted by Crippen LogP contribution is -2.44. The summed E-state index contributed by atoms with van der Waals surface area (Å²) in [7, 11) is 0. The SMILES string of the molecule is CC1COCCN1CCCCC(C)(C)C(=N)N. The third kappa shape index (κ3) is 4.64. The third-order valence-corrected chi connectivity index (χ3v) is 3.73. The van der Waals surface area contributed by atoms with Crippen LogP contribution >= 0.6 is 0 Å². The Balaban J connectivity index is 2.17. The van der Waals surface area contributed by atoms with E-state index >= 15 is 0 Å². The monoisotopic (exact) mass is 241 g/mol. The van der Waals surface area contributed by atoms with E-state index < -0.39 is 0 Å². The molecule has 0 aromatic heterocycles. The summed E-state index contributed by atoms with van der Waals surface area (Å²) in [5, 5.41) is 7.51. The highest BCUT2D eigenvalue weighted by atomic mass is 16.5. The van der Waals surface area contributed by atoms with E-state index in [4.69, 9.17) is 15.9 Å². The summed E-state index contributed by atoms with van der Waals surface area (Å²) in [6.45, 7) is 10.2. The van der Waals surface area contributed by atoms with Crippen molar-refractivity contribution < 1.29 is 4.74 Å². The second-order valence-corrected chi connectivity index (χ2v) is 5.71. The maximum atomic E-state index is 7.51. The van der Waals surface area contributed by atoms with Gasteiger partial charge in [0.25, 0.3) is 0 Å². The highest BCUT2D eigenvalue weighted by Gasteiger charge is 2.22. The molecule has 4 heteroatoms. The van der Waals surface area contributed by atoms with Crippen molar-refractivity contribution in [2.24, 2.45) is 11.1 Å². The number of amidine groups is 1. The molecule has 1 aliphatic rings. The fourth-order valence-corrected chi connectivity index (χ4v) is 2.11. The first-order valence-electron chi connectivity index (χ1n) is 6.60. The zero-order valence-corrected chi connectivity index (χ0v) is 11.5. The zero-order chi connectivity index (χ0) is 12.9. The van der Waals surface area contributed by atoms with Crippen molar-refractivity contribution in [2.45, 2.75) is 46.1 Å². The number of hydrogen-bond acceptors (Lipinski definition) is 3. The lowest BCUT2D eigenvalue weighted by Gasteiger charge is -2.33. The van der Waals surface area contributed by atoms with Crippen molar-refractivity contribution in [3.8, 4) is 0 Å². The Kier molecular flexibility index (Phi) is 5.40. The molecule has 1 atom stereocenters. The van der Waals surface area contributed by atoms with E-state index in [1.807, 2.05) is 13.8 Å². The van der Waals surface area contributed by atoms with E-state index in [1.165, 1.54) is 6.42 Å². The standard InChI is InChI=1S/C13H27N3O/c1-11-10-17-9-8-16(11)7-5-4-6-13(2,3)12(14)15/h11H,4-10H2,1-3H3,(H3,14,15). The molecule has 0 saturated carbocycles. The van der Waals surface area contributed by atoms with Gasteiger partial charge in [-0.05, 0) is 26.3 Å². The summed E-state index contributed by atoms with van der Waals surface area (Å²) < 4.78 is 5.42. The molecule has 1 unspecified atom stereocenters. The van der Waals surface area contributed by atoms with E-state index in [0.717, 1.165) is 39.1 Å². The Morgan fingerprint density at radius 2 is 2.18 bits per heavy atom. The summed E-state index contributed by atoms with van der Waals surface area (Å²) in [6, 6.07) is 0.546. The first-order chi connectivity index (χ1) is 7.93. The maximum Gasteiger partial charge on any atom is 0.0963 e. The Morgan fingerprint density at radius 1 is 1.47 bits per heavy atom. The number of unbranched alkanes of at least 4 members (excludes halogenated alkanes) is 1. The van der Waals surface area contributed by atoms with Crippen LogP contribution < -0.4 is 5.73 Å². The van der Waals surface area contributed by atoms with Crippen LogP contribution in [0.5, 0.6) is 0 Å². The minimum atomic E-state index is -0.142. The number of hydrogen-bond donors (Lipinski definition) is 2. The summed E-state index contributed by atoms with van der Waals surface area (Å²) >= 11 is 0. The molecule has 1 fully saturated rings. The van der Waals surface area contributed by atoms with Gasteiger partial charge in [-0.3, -0.25) is 10.3 Å². The second kappa shape index (κ2) is 6.36. The Labute approximate surface area is 105 Å². The highest BCUT2D eigenvalue weighted by Crippen LogP contribution is 2.22. The molecule has 0 amide bonds. The molecule has 1 aliphatic heterocycles. The van der Waals surface area contributed by atoms with Gasteiger partial charge in [0.2, 0.25) is 0 Å². The molecule has 0 bridgehead atoms. The predicted molar refractivity (Wildman–Crippen MR) is 71.4 cm³/mol. The van der Waals surface area contributed by atoms with Crippen molar-refractivity contribution in [2.75, 3.05) is 26.3 Å². The summed E-state index contributed by atoms with van der Waals surface area (Å²) in [4.78, 5) is 2.49. The first-order valence-corrected chi connectivity index (χ1v) is 6.60.